The lowest BCUT2D eigenvalue weighted by molar-refractivity contribution is 1.39. The number of fused-ring (bicyclic) bond motifs is 1. The third-order valence-corrected chi connectivity index (χ3v) is 4.50. The Morgan fingerprint density at radius 2 is 1.70 bits per heavy atom. The van der Waals surface area contributed by atoms with E-state index < -0.39 is 0 Å². The Morgan fingerprint density at radius 1 is 0.900 bits per heavy atom. The van der Waals surface area contributed by atoms with Gasteiger partial charge in [0.05, 0.1) is 0 Å². The predicted molar refractivity (Wildman–Crippen MR) is 89.4 cm³/mol. The Hall–Kier alpha value is -1.64. The standard InChI is InChI=1S/C17H14ClNS/c18-15-7-5-14(17(19)10-15)11-20-16-8-6-12-3-1-2-4-13(12)9-16/h1-10H,11,19H2. The summed E-state index contributed by atoms with van der Waals surface area (Å²) in [7, 11) is 0. The molecule has 1 nitrogen and oxygen atoms in total. The minimum Gasteiger partial charge on any atom is -0.398 e. The summed E-state index contributed by atoms with van der Waals surface area (Å²) in [6, 6.07) is 20.6. The molecule has 0 saturated heterocycles. The fraction of sp³-hybridized carbons (Fsp3) is 0.0588. The van der Waals surface area contributed by atoms with Gasteiger partial charge >= 0.3 is 0 Å². The summed E-state index contributed by atoms with van der Waals surface area (Å²) in [5.41, 5.74) is 7.85. The van der Waals surface area contributed by atoms with Gasteiger partial charge in [-0.2, -0.15) is 0 Å². The maximum Gasteiger partial charge on any atom is 0.0426 e. The second kappa shape index (κ2) is 5.78. The van der Waals surface area contributed by atoms with E-state index in [0.717, 1.165) is 17.0 Å². The smallest absolute Gasteiger partial charge is 0.0426 e. The first-order chi connectivity index (χ1) is 9.72. The number of thioether (sulfide) groups is 1. The molecule has 3 aromatic carbocycles. The number of anilines is 1. The van der Waals surface area contributed by atoms with E-state index in [4.69, 9.17) is 17.3 Å². The number of rotatable bonds is 3. The van der Waals surface area contributed by atoms with Crippen LogP contribution in [0, 0.1) is 0 Å². The molecule has 0 spiro atoms. The van der Waals surface area contributed by atoms with Crippen LogP contribution in [0.1, 0.15) is 5.56 Å². The van der Waals surface area contributed by atoms with Crippen molar-refractivity contribution in [3.63, 3.8) is 0 Å². The van der Waals surface area contributed by atoms with Crippen molar-refractivity contribution < 1.29 is 0 Å². The van der Waals surface area contributed by atoms with Crippen LogP contribution in [-0.4, -0.2) is 0 Å². The molecule has 2 N–H and O–H groups in total. The number of benzene rings is 3. The first-order valence-electron chi connectivity index (χ1n) is 6.38. The zero-order chi connectivity index (χ0) is 13.9. The maximum absolute atomic E-state index is 5.98. The molecule has 100 valence electrons. The summed E-state index contributed by atoms with van der Waals surface area (Å²) in [4.78, 5) is 1.25. The molecule has 3 aromatic rings. The highest BCUT2D eigenvalue weighted by atomic mass is 35.5. The van der Waals surface area contributed by atoms with E-state index in [0.29, 0.717) is 5.02 Å². The number of nitrogen functional groups attached to an aromatic ring is 1. The molecule has 0 aliphatic carbocycles. The maximum atomic E-state index is 5.98. The van der Waals surface area contributed by atoms with Gasteiger partial charge in [-0.05, 0) is 40.6 Å². The summed E-state index contributed by atoms with van der Waals surface area (Å²) in [5.74, 6) is 0.849. The Kier molecular flexibility index (Phi) is 3.86. The van der Waals surface area contributed by atoms with Crippen molar-refractivity contribution in [1.82, 2.24) is 0 Å². The van der Waals surface area contributed by atoms with Crippen molar-refractivity contribution in [3.8, 4) is 0 Å². The molecule has 0 bridgehead atoms. The third kappa shape index (κ3) is 2.92. The number of hydrogen-bond acceptors (Lipinski definition) is 2. The first kappa shape index (κ1) is 13.3. The van der Waals surface area contributed by atoms with E-state index in [1.165, 1.54) is 15.7 Å². The predicted octanol–water partition coefficient (Wildman–Crippen LogP) is 5.37. The van der Waals surface area contributed by atoms with E-state index in [1.54, 1.807) is 17.8 Å². The lowest BCUT2D eigenvalue weighted by atomic mass is 10.1. The molecule has 20 heavy (non-hydrogen) atoms. The Balaban J connectivity index is 1.79. The second-order valence-corrected chi connectivity index (χ2v) is 6.13. The molecule has 0 heterocycles. The lowest BCUT2D eigenvalue weighted by Gasteiger charge is -2.07. The van der Waals surface area contributed by atoms with E-state index in [-0.39, 0.29) is 0 Å². The third-order valence-electron chi connectivity index (χ3n) is 3.22. The molecule has 0 aliphatic rings. The normalized spacial score (nSPS) is 10.8. The number of hydrogen-bond donors (Lipinski definition) is 1. The van der Waals surface area contributed by atoms with Crippen LogP contribution in [0.3, 0.4) is 0 Å². The quantitative estimate of drug-likeness (QED) is 0.520. The summed E-state index contributed by atoms with van der Waals surface area (Å²) < 4.78 is 0. The zero-order valence-electron chi connectivity index (χ0n) is 10.8. The summed E-state index contributed by atoms with van der Waals surface area (Å²) in [5, 5.41) is 3.21. The molecule has 0 aliphatic heterocycles. The van der Waals surface area contributed by atoms with Gasteiger partial charge in [-0.25, -0.2) is 0 Å². The van der Waals surface area contributed by atoms with E-state index in [1.807, 2.05) is 12.1 Å². The van der Waals surface area contributed by atoms with Crippen molar-refractivity contribution in [1.29, 1.82) is 0 Å². The highest BCUT2D eigenvalue weighted by Gasteiger charge is 2.02. The zero-order valence-corrected chi connectivity index (χ0v) is 12.4. The van der Waals surface area contributed by atoms with Gasteiger partial charge in [-0.3, -0.25) is 0 Å². The highest BCUT2D eigenvalue weighted by molar-refractivity contribution is 7.98. The molecule has 0 saturated carbocycles. The Morgan fingerprint density at radius 3 is 2.50 bits per heavy atom. The molecular formula is C17H14ClNS. The SMILES string of the molecule is Nc1cc(Cl)ccc1CSc1ccc2ccccc2c1. The van der Waals surface area contributed by atoms with Crippen LogP contribution in [0.15, 0.2) is 65.6 Å². The summed E-state index contributed by atoms with van der Waals surface area (Å²) in [6.45, 7) is 0. The van der Waals surface area contributed by atoms with Gasteiger partial charge in [0.25, 0.3) is 0 Å². The van der Waals surface area contributed by atoms with Crippen molar-refractivity contribution in [2.24, 2.45) is 0 Å². The van der Waals surface area contributed by atoms with Crippen LogP contribution in [0.4, 0.5) is 5.69 Å². The fourth-order valence-electron chi connectivity index (χ4n) is 2.12. The van der Waals surface area contributed by atoms with Gasteiger partial charge in [0.2, 0.25) is 0 Å². The van der Waals surface area contributed by atoms with Crippen molar-refractivity contribution in [2.75, 3.05) is 5.73 Å². The van der Waals surface area contributed by atoms with Crippen LogP contribution in [-0.2, 0) is 5.75 Å². The van der Waals surface area contributed by atoms with Crippen LogP contribution in [0.25, 0.3) is 10.8 Å². The van der Waals surface area contributed by atoms with Crippen molar-refractivity contribution in [3.05, 3.63) is 71.2 Å². The average molecular weight is 300 g/mol. The topological polar surface area (TPSA) is 26.0 Å². The molecule has 0 fully saturated rings. The van der Waals surface area contributed by atoms with Crippen molar-refractivity contribution >= 4 is 39.8 Å². The van der Waals surface area contributed by atoms with Gasteiger partial charge in [-0.1, -0.05) is 48.0 Å². The molecule has 0 atom stereocenters. The van der Waals surface area contributed by atoms with Gasteiger partial charge in [0.15, 0.2) is 0 Å². The summed E-state index contributed by atoms with van der Waals surface area (Å²) >= 11 is 7.70. The summed E-state index contributed by atoms with van der Waals surface area (Å²) in [6.07, 6.45) is 0. The van der Waals surface area contributed by atoms with Gasteiger partial charge in [-0.15, -0.1) is 11.8 Å². The van der Waals surface area contributed by atoms with E-state index in [2.05, 4.69) is 42.5 Å². The lowest BCUT2D eigenvalue weighted by Crippen LogP contribution is -1.92. The second-order valence-electron chi connectivity index (χ2n) is 4.64. The Labute approximate surface area is 127 Å². The molecule has 0 amide bonds. The minimum absolute atomic E-state index is 0.682. The molecule has 3 heteroatoms. The van der Waals surface area contributed by atoms with Gasteiger partial charge in [0, 0.05) is 21.4 Å². The van der Waals surface area contributed by atoms with E-state index in [9.17, 15) is 0 Å². The average Bonchev–Trinajstić information content (AvgIpc) is 2.46. The van der Waals surface area contributed by atoms with Crippen LogP contribution in [0.5, 0.6) is 0 Å². The Bertz CT molecular complexity index is 755. The first-order valence-corrected chi connectivity index (χ1v) is 7.74. The highest BCUT2D eigenvalue weighted by Crippen LogP contribution is 2.29. The van der Waals surface area contributed by atoms with Gasteiger partial charge in [0.1, 0.15) is 0 Å². The number of nitrogens with two attached hydrogens (primary N) is 1. The van der Waals surface area contributed by atoms with Crippen molar-refractivity contribution in [2.45, 2.75) is 10.6 Å². The van der Waals surface area contributed by atoms with Gasteiger partial charge < -0.3 is 5.73 Å². The largest absolute Gasteiger partial charge is 0.398 e. The van der Waals surface area contributed by atoms with Crippen LogP contribution in [0.2, 0.25) is 5.02 Å². The molecule has 0 radical (unpaired) electrons. The fourth-order valence-corrected chi connectivity index (χ4v) is 3.26. The number of halogens is 1. The molecule has 0 unspecified atom stereocenters. The monoisotopic (exact) mass is 299 g/mol. The molecule has 3 rings (SSSR count). The molecular weight excluding hydrogens is 286 g/mol. The van der Waals surface area contributed by atoms with E-state index >= 15 is 0 Å². The minimum atomic E-state index is 0.682. The van der Waals surface area contributed by atoms with Crippen LogP contribution >= 0.6 is 23.4 Å². The van der Waals surface area contributed by atoms with Crippen LogP contribution < -0.4 is 5.73 Å². The molecule has 0 aromatic heterocycles.